The van der Waals surface area contributed by atoms with Gasteiger partial charge in [-0.2, -0.15) is 0 Å². The Morgan fingerprint density at radius 2 is 2.17 bits per heavy atom. The van der Waals surface area contributed by atoms with E-state index in [0.29, 0.717) is 19.6 Å². The zero-order valence-electron chi connectivity index (χ0n) is 11.1. The van der Waals surface area contributed by atoms with Crippen LogP contribution in [-0.4, -0.2) is 59.1 Å². The molecule has 0 aromatic heterocycles. The van der Waals surface area contributed by atoms with Gasteiger partial charge in [-0.3, -0.25) is 4.79 Å². The zero-order chi connectivity index (χ0) is 13.7. The fourth-order valence-electron chi connectivity index (χ4n) is 2.34. The summed E-state index contributed by atoms with van der Waals surface area (Å²) < 4.78 is 0. The SMILES string of the molecule is CC(C)N(CCO)C(=O)C1CCCN(C(N)=O)C1. The van der Waals surface area contributed by atoms with Crippen LogP contribution in [0.25, 0.3) is 0 Å². The van der Waals surface area contributed by atoms with Crippen LogP contribution < -0.4 is 5.73 Å². The number of nitrogens with zero attached hydrogens (tertiary/aromatic N) is 2. The van der Waals surface area contributed by atoms with Gasteiger partial charge in [-0.1, -0.05) is 0 Å². The molecule has 1 rings (SSSR count). The van der Waals surface area contributed by atoms with E-state index in [1.54, 1.807) is 4.90 Å². The molecule has 1 aliphatic heterocycles. The number of likely N-dealkylation sites (tertiary alicyclic amines) is 1. The number of carbonyl (C=O) groups excluding carboxylic acids is 2. The molecule has 1 atom stereocenters. The van der Waals surface area contributed by atoms with Crippen molar-refractivity contribution in [1.82, 2.24) is 9.80 Å². The highest BCUT2D eigenvalue weighted by atomic mass is 16.3. The van der Waals surface area contributed by atoms with Crippen molar-refractivity contribution in [3.63, 3.8) is 0 Å². The first-order chi connectivity index (χ1) is 8.47. The van der Waals surface area contributed by atoms with Crippen molar-refractivity contribution in [2.24, 2.45) is 11.7 Å². The third-order valence-corrected chi connectivity index (χ3v) is 3.33. The highest BCUT2D eigenvalue weighted by Gasteiger charge is 2.31. The Labute approximate surface area is 108 Å². The van der Waals surface area contributed by atoms with Crippen molar-refractivity contribution in [2.45, 2.75) is 32.7 Å². The first kappa shape index (κ1) is 14.8. The van der Waals surface area contributed by atoms with Crippen molar-refractivity contribution in [3.8, 4) is 0 Å². The minimum atomic E-state index is -0.467. The Balaban J connectivity index is 2.66. The summed E-state index contributed by atoms with van der Waals surface area (Å²) in [5, 5.41) is 8.99. The van der Waals surface area contributed by atoms with E-state index >= 15 is 0 Å². The average molecular weight is 257 g/mol. The first-order valence-electron chi connectivity index (χ1n) is 6.43. The molecular weight excluding hydrogens is 234 g/mol. The molecule has 3 amide bonds. The number of hydrogen-bond donors (Lipinski definition) is 2. The standard InChI is InChI=1S/C12H23N3O3/c1-9(2)15(6-7-16)11(17)10-4-3-5-14(8-10)12(13)18/h9-10,16H,3-8H2,1-2H3,(H2,13,18). The van der Waals surface area contributed by atoms with Gasteiger partial charge in [0.05, 0.1) is 12.5 Å². The van der Waals surface area contributed by atoms with Gasteiger partial charge < -0.3 is 20.6 Å². The molecule has 1 unspecified atom stereocenters. The maximum absolute atomic E-state index is 12.3. The lowest BCUT2D eigenvalue weighted by Crippen LogP contribution is -2.50. The van der Waals surface area contributed by atoms with E-state index in [2.05, 4.69) is 0 Å². The molecule has 104 valence electrons. The molecule has 18 heavy (non-hydrogen) atoms. The van der Waals surface area contributed by atoms with E-state index in [9.17, 15) is 9.59 Å². The van der Waals surface area contributed by atoms with Crippen LogP contribution in [0.15, 0.2) is 0 Å². The molecule has 0 radical (unpaired) electrons. The van der Waals surface area contributed by atoms with Gasteiger partial charge in [-0.15, -0.1) is 0 Å². The normalized spacial score (nSPS) is 20.0. The Morgan fingerprint density at radius 3 is 2.67 bits per heavy atom. The monoisotopic (exact) mass is 257 g/mol. The predicted octanol–water partition coefficient (Wildman–Crippen LogP) is 0.00640. The molecule has 1 aliphatic rings. The van der Waals surface area contributed by atoms with Crippen LogP contribution in [0.2, 0.25) is 0 Å². The Bertz CT molecular complexity index is 307. The fourth-order valence-corrected chi connectivity index (χ4v) is 2.34. The van der Waals surface area contributed by atoms with Gasteiger partial charge >= 0.3 is 6.03 Å². The predicted molar refractivity (Wildman–Crippen MR) is 67.8 cm³/mol. The van der Waals surface area contributed by atoms with Gasteiger partial charge in [0, 0.05) is 25.7 Å². The number of rotatable bonds is 4. The first-order valence-corrected chi connectivity index (χ1v) is 6.43. The lowest BCUT2D eigenvalue weighted by Gasteiger charge is -2.35. The largest absolute Gasteiger partial charge is 0.395 e. The molecule has 1 heterocycles. The third kappa shape index (κ3) is 3.60. The second-order valence-electron chi connectivity index (χ2n) is 4.97. The van der Waals surface area contributed by atoms with E-state index in [1.807, 2.05) is 13.8 Å². The second kappa shape index (κ2) is 6.58. The van der Waals surface area contributed by atoms with E-state index in [4.69, 9.17) is 10.8 Å². The Morgan fingerprint density at radius 1 is 1.50 bits per heavy atom. The van der Waals surface area contributed by atoms with Gasteiger partial charge in [0.2, 0.25) is 5.91 Å². The molecule has 6 nitrogen and oxygen atoms in total. The van der Waals surface area contributed by atoms with Gasteiger partial charge in [0.15, 0.2) is 0 Å². The van der Waals surface area contributed by atoms with Gasteiger partial charge in [0.1, 0.15) is 0 Å². The third-order valence-electron chi connectivity index (χ3n) is 3.33. The lowest BCUT2D eigenvalue weighted by atomic mass is 9.96. The Hall–Kier alpha value is -1.30. The minimum absolute atomic E-state index is 0.00463. The Kier molecular flexibility index (Phi) is 5.40. The van der Waals surface area contributed by atoms with Crippen molar-refractivity contribution in [2.75, 3.05) is 26.2 Å². The number of aliphatic hydroxyl groups excluding tert-OH is 1. The number of amides is 3. The maximum Gasteiger partial charge on any atom is 0.314 e. The number of urea groups is 1. The lowest BCUT2D eigenvalue weighted by molar-refractivity contribution is -0.139. The summed E-state index contributed by atoms with van der Waals surface area (Å²) >= 11 is 0. The van der Waals surface area contributed by atoms with Crippen LogP contribution in [-0.2, 0) is 4.79 Å². The number of carbonyl (C=O) groups is 2. The van der Waals surface area contributed by atoms with Crippen molar-refractivity contribution < 1.29 is 14.7 Å². The van der Waals surface area contributed by atoms with E-state index in [1.165, 1.54) is 4.90 Å². The van der Waals surface area contributed by atoms with Crippen LogP contribution in [0.1, 0.15) is 26.7 Å². The van der Waals surface area contributed by atoms with Crippen LogP contribution in [0.5, 0.6) is 0 Å². The van der Waals surface area contributed by atoms with E-state index in [0.717, 1.165) is 12.8 Å². The summed E-state index contributed by atoms with van der Waals surface area (Å²) in [5.74, 6) is -0.190. The summed E-state index contributed by atoms with van der Waals surface area (Å²) in [4.78, 5) is 26.6. The van der Waals surface area contributed by atoms with Gasteiger partial charge in [0.25, 0.3) is 0 Å². The smallest absolute Gasteiger partial charge is 0.314 e. The minimum Gasteiger partial charge on any atom is -0.395 e. The van der Waals surface area contributed by atoms with Crippen molar-refractivity contribution in [1.29, 1.82) is 0 Å². The number of primary amides is 1. The quantitative estimate of drug-likeness (QED) is 0.743. The second-order valence-corrected chi connectivity index (χ2v) is 4.97. The molecule has 1 fully saturated rings. The van der Waals surface area contributed by atoms with Crippen molar-refractivity contribution in [3.05, 3.63) is 0 Å². The maximum atomic E-state index is 12.3. The number of hydrogen-bond acceptors (Lipinski definition) is 3. The summed E-state index contributed by atoms with van der Waals surface area (Å²) in [6, 6.07) is -0.417. The molecule has 0 spiro atoms. The van der Waals surface area contributed by atoms with E-state index < -0.39 is 6.03 Å². The number of piperidine rings is 1. The topological polar surface area (TPSA) is 86.9 Å². The number of nitrogens with two attached hydrogens (primary N) is 1. The molecular formula is C12H23N3O3. The van der Waals surface area contributed by atoms with Crippen LogP contribution in [0.4, 0.5) is 4.79 Å². The molecule has 0 saturated carbocycles. The molecule has 1 saturated heterocycles. The summed E-state index contributed by atoms with van der Waals surface area (Å²) in [6.07, 6.45) is 1.57. The zero-order valence-corrected chi connectivity index (χ0v) is 11.1. The summed E-state index contributed by atoms with van der Waals surface area (Å²) in [7, 11) is 0. The van der Waals surface area contributed by atoms with Crippen LogP contribution in [0, 0.1) is 5.92 Å². The van der Waals surface area contributed by atoms with Crippen LogP contribution >= 0.6 is 0 Å². The highest BCUT2D eigenvalue weighted by molar-refractivity contribution is 5.80. The van der Waals surface area contributed by atoms with Crippen LogP contribution in [0.3, 0.4) is 0 Å². The molecule has 6 heteroatoms. The van der Waals surface area contributed by atoms with Gasteiger partial charge in [-0.05, 0) is 26.7 Å². The fraction of sp³-hybridized carbons (Fsp3) is 0.833. The summed E-state index contributed by atoms with van der Waals surface area (Å²) in [5.41, 5.74) is 5.25. The summed E-state index contributed by atoms with van der Waals surface area (Å²) in [6.45, 7) is 5.15. The number of aliphatic hydroxyl groups is 1. The molecule has 0 bridgehead atoms. The highest BCUT2D eigenvalue weighted by Crippen LogP contribution is 2.19. The van der Waals surface area contributed by atoms with E-state index in [-0.39, 0.29) is 24.5 Å². The molecule has 0 aromatic rings. The van der Waals surface area contributed by atoms with Gasteiger partial charge in [-0.25, -0.2) is 4.79 Å². The average Bonchev–Trinajstić information content (AvgIpc) is 2.35. The molecule has 3 N–H and O–H groups in total. The molecule has 0 aliphatic carbocycles. The molecule has 0 aromatic carbocycles. The van der Waals surface area contributed by atoms with Crippen molar-refractivity contribution >= 4 is 11.9 Å².